The van der Waals surface area contributed by atoms with E-state index in [2.05, 4.69) is 20.8 Å². The smallest absolute Gasteiger partial charge is 0.0622 e. The lowest BCUT2D eigenvalue weighted by atomic mass is 9.79. The number of hydrogen-bond donors (Lipinski definition) is 0. The third-order valence-electron chi connectivity index (χ3n) is 2.45. The summed E-state index contributed by atoms with van der Waals surface area (Å²) in [5, 5.41) is 0. The van der Waals surface area contributed by atoms with Gasteiger partial charge in [0.15, 0.2) is 0 Å². The number of ether oxygens (including phenoxy) is 1. The topological polar surface area (TPSA) is 9.23 Å². The third-order valence-corrected chi connectivity index (χ3v) is 2.45. The van der Waals surface area contributed by atoms with Crippen LogP contribution in [-0.2, 0) is 4.74 Å². The van der Waals surface area contributed by atoms with Gasteiger partial charge in [0.05, 0.1) is 12.7 Å². The van der Waals surface area contributed by atoms with Crippen molar-refractivity contribution in [1.82, 2.24) is 0 Å². The van der Waals surface area contributed by atoms with Crippen molar-refractivity contribution in [2.75, 3.05) is 6.61 Å². The third kappa shape index (κ3) is 0.655. The summed E-state index contributed by atoms with van der Waals surface area (Å²) in [6.45, 7) is 7.61. The van der Waals surface area contributed by atoms with Gasteiger partial charge in [-0.15, -0.1) is 0 Å². The minimum absolute atomic E-state index is 0.493. The quantitative estimate of drug-likeness (QED) is 0.505. The molecule has 1 heterocycles. The summed E-state index contributed by atoms with van der Waals surface area (Å²) >= 11 is 0. The predicted molar refractivity (Wildman–Crippen MR) is 33.8 cm³/mol. The molecule has 1 aliphatic heterocycles. The summed E-state index contributed by atoms with van der Waals surface area (Å²) in [5.74, 6) is 0. The van der Waals surface area contributed by atoms with Crippen LogP contribution in [0.4, 0.5) is 0 Å². The van der Waals surface area contributed by atoms with Gasteiger partial charge in [0.1, 0.15) is 0 Å². The normalized spacial score (nSPS) is 46.1. The first-order chi connectivity index (χ1) is 3.69. The maximum Gasteiger partial charge on any atom is 0.0622 e. The SMILES string of the molecule is CCC1(C)COC1C. The lowest BCUT2D eigenvalue weighted by molar-refractivity contribution is -0.168. The molecule has 0 N–H and O–H groups in total. The molecule has 0 spiro atoms. The highest BCUT2D eigenvalue weighted by Crippen LogP contribution is 2.36. The van der Waals surface area contributed by atoms with Gasteiger partial charge in [-0.2, -0.15) is 0 Å². The molecule has 1 aliphatic rings. The summed E-state index contributed by atoms with van der Waals surface area (Å²) in [6.07, 6.45) is 1.74. The molecular weight excluding hydrogens is 100 g/mol. The molecule has 48 valence electrons. The molecule has 0 aromatic rings. The van der Waals surface area contributed by atoms with Crippen molar-refractivity contribution in [3.8, 4) is 0 Å². The van der Waals surface area contributed by atoms with Crippen molar-refractivity contribution in [2.24, 2.45) is 5.41 Å². The summed E-state index contributed by atoms with van der Waals surface area (Å²) in [6, 6.07) is 0. The van der Waals surface area contributed by atoms with Gasteiger partial charge in [0.25, 0.3) is 0 Å². The lowest BCUT2D eigenvalue weighted by Crippen LogP contribution is -2.47. The van der Waals surface area contributed by atoms with Gasteiger partial charge in [-0.05, 0) is 13.3 Å². The van der Waals surface area contributed by atoms with E-state index < -0.39 is 0 Å². The Kier molecular flexibility index (Phi) is 1.31. The van der Waals surface area contributed by atoms with Crippen molar-refractivity contribution in [3.05, 3.63) is 0 Å². The summed E-state index contributed by atoms with van der Waals surface area (Å²) < 4.78 is 5.24. The van der Waals surface area contributed by atoms with E-state index in [1.165, 1.54) is 6.42 Å². The van der Waals surface area contributed by atoms with E-state index in [4.69, 9.17) is 4.74 Å². The molecule has 0 bridgehead atoms. The Labute approximate surface area is 51.0 Å². The van der Waals surface area contributed by atoms with Crippen LogP contribution in [0.2, 0.25) is 0 Å². The fourth-order valence-electron chi connectivity index (χ4n) is 0.924. The van der Waals surface area contributed by atoms with E-state index in [1.807, 2.05) is 0 Å². The minimum atomic E-state index is 0.493. The average Bonchev–Trinajstić information content (AvgIpc) is 1.83. The molecule has 1 nitrogen and oxygen atoms in total. The van der Waals surface area contributed by atoms with Crippen molar-refractivity contribution >= 4 is 0 Å². The first-order valence-corrected chi connectivity index (χ1v) is 3.30. The second-order valence-electron chi connectivity index (χ2n) is 2.96. The largest absolute Gasteiger partial charge is 0.377 e. The van der Waals surface area contributed by atoms with E-state index in [0.29, 0.717) is 11.5 Å². The van der Waals surface area contributed by atoms with Crippen LogP contribution in [0, 0.1) is 5.41 Å². The first-order valence-electron chi connectivity index (χ1n) is 3.30. The average molecular weight is 114 g/mol. The fourth-order valence-corrected chi connectivity index (χ4v) is 0.924. The van der Waals surface area contributed by atoms with Crippen LogP contribution in [0.1, 0.15) is 27.2 Å². The summed E-state index contributed by atoms with van der Waals surface area (Å²) in [5.41, 5.74) is 0.500. The van der Waals surface area contributed by atoms with Crippen LogP contribution < -0.4 is 0 Å². The highest BCUT2D eigenvalue weighted by atomic mass is 16.5. The minimum Gasteiger partial charge on any atom is -0.377 e. The van der Waals surface area contributed by atoms with E-state index in [9.17, 15) is 0 Å². The first kappa shape index (κ1) is 6.09. The molecule has 1 fully saturated rings. The fraction of sp³-hybridized carbons (Fsp3) is 1.00. The Bertz CT molecular complexity index is 86.4. The zero-order chi connectivity index (χ0) is 6.20. The molecule has 0 aromatic heterocycles. The molecule has 1 rings (SSSR count). The van der Waals surface area contributed by atoms with Gasteiger partial charge in [-0.1, -0.05) is 13.8 Å². The van der Waals surface area contributed by atoms with Gasteiger partial charge in [0.2, 0.25) is 0 Å². The Morgan fingerprint density at radius 1 is 1.75 bits per heavy atom. The second kappa shape index (κ2) is 1.73. The van der Waals surface area contributed by atoms with Gasteiger partial charge in [-0.3, -0.25) is 0 Å². The highest BCUT2D eigenvalue weighted by Gasteiger charge is 2.38. The zero-order valence-electron chi connectivity index (χ0n) is 5.90. The molecule has 0 radical (unpaired) electrons. The maximum atomic E-state index is 5.24. The molecule has 0 aromatic carbocycles. The van der Waals surface area contributed by atoms with Gasteiger partial charge < -0.3 is 4.74 Å². The second-order valence-corrected chi connectivity index (χ2v) is 2.96. The zero-order valence-corrected chi connectivity index (χ0v) is 5.90. The highest BCUT2D eigenvalue weighted by molar-refractivity contribution is 4.86. The van der Waals surface area contributed by atoms with Crippen LogP contribution in [0.15, 0.2) is 0 Å². The van der Waals surface area contributed by atoms with Crippen molar-refractivity contribution in [3.63, 3.8) is 0 Å². The van der Waals surface area contributed by atoms with Crippen LogP contribution in [0.3, 0.4) is 0 Å². The van der Waals surface area contributed by atoms with Crippen LogP contribution >= 0.6 is 0 Å². The van der Waals surface area contributed by atoms with Gasteiger partial charge >= 0.3 is 0 Å². The van der Waals surface area contributed by atoms with E-state index in [-0.39, 0.29) is 0 Å². The number of hydrogen-bond acceptors (Lipinski definition) is 1. The molecular formula is C7H14O. The summed E-state index contributed by atoms with van der Waals surface area (Å²) in [4.78, 5) is 0. The Morgan fingerprint density at radius 2 is 2.38 bits per heavy atom. The molecule has 0 amide bonds. The lowest BCUT2D eigenvalue weighted by Gasteiger charge is -2.44. The Morgan fingerprint density at radius 3 is 2.38 bits per heavy atom. The molecule has 0 saturated carbocycles. The Balaban J connectivity index is 2.42. The van der Waals surface area contributed by atoms with E-state index >= 15 is 0 Å². The van der Waals surface area contributed by atoms with E-state index in [0.717, 1.165) is 6.61 Å². The molecule has 2 atom stereocenters. The van der Waals surface area contributed by atoms with Crippen molar-refractivity contribution in [1.29, 1.82) is 0 Å². The molecule has 8 heavy (non-hydrogen) atoms. The van der Waals surface area contributed by atoms with Crippen LogP contribution in [-0.4, -0.2) is 12.7 Å². The molecule has 2 unspecified atom stereocenters. The van der Waals surface area contributed by atoms with Gasteiger partial charge in [0, 0.05) is 5.41 Å². The van der Waals surface area contributed by atoms with Crippen molar-refractivity contribution in [2.45, 2.75) is 33.3 Å². The van der Waals surface area contributed by atoms with E-state index in [1.54, 1.807) is 0 Å². The molecule has 1 saturated heterocycles. The standard InChI is InChI=1S/C7H14O/c1-4-7(3)5-8-6(7)2/h6H,4-5H2,1-3H3. The van der Waals surface area contributed by atoms with Crippen molar-refractivity contribution < 1.29 is 4.74 Å². The Hall–Kier alpha value is -0.0400. The number of rotatable bonds is 1. The maximum absolute atomic E-state index is 5.24. The molecule has 0 aliphatic carbocycles. The van der Waals surface area contributed by atoms with Gasteiger partial charge in [-0.25, -0.2) is 0 Å². The molecule has 1 heteroatoms. The van der Waals surface area contributed by atoms with Crippen LogP contribution in [0.25, 0.3) is 0 Å². The summed E-state index contributed by atoms with van der Waals surface area (Å²) in [7, 11) is 0. The predicted octanol–water partition coefficient (Wildman–Crippen LogP) is 1.82. The van der Waals surface area contributed by atoms with Crippen LogP contribution in [0.5, 0.6) is 0 Å². The monoisotopic (exact) mass is 114 g/mol.